The number of Topliss-reactive ketones (excluding diaryl/α,β-unsaturated/α-hetero) is 1. The van der Waals surface area contributed by atoms with E-state index in [1.807, 2.05) is 54.6 Å². The van der Waals surface area contributed by atoms with Crippen LogP contribution in [-0.2, 0) is 6.54 Å². The molecule has 0 saturated carbocycles. The van der Waals surface area contributed by atoms with Crippen LogP contribution in [0, 0.1) is 0 Å². The van der Waals surface area contributed by atoms with Crippen molar-refractivity contribution in [2.24, 2.45) is 0 Å². The Morgan fingerprint density at radius 2 is 1.48 bits per heavy atom. The fraction of sp³-hybridized carbons (Fsp3) is 0.269. The summed E-state index contributed by atoms with van der Waals surface area (Å²) in [5.41, 5.74) is 3.16. The van der Waals surface area contributed by atoms with E-state index in [0.717, 1.165) is 55.3 Å². The Kier molecular flexibility index (Phi) is 5.69. The van der Waals surface area contributed by atoms with Crippen molar-refractivity contribution >= 4 is 5.78 Å². The number of nitrogens with one attached hydrogen (secondary N) is 2. The first kappa shape index (κ1) is 19.8. The van der Waals surface area contributed by atoms with Gasteiger partial charge >= 0.3 is 0 Å². The van der Waals surface area contributed by atoms with Gasteiger partial charge in [0.05, 0.1) is 0 Å². The first-order valence-electron chi connectivity index (χ1n) is 11.0. The summed E-state index contributed by atoms with van der Waals surface area (Å²) in [5.74, 6) is 1.89. The zero-order valence-corrected chi connectivity index (χ0v) is 17.6. The van der Waals surface area contributed by atoms with Gasteiger partial charge in [-0.3, -0.25) is 4.79 Å². The van der Waals surface area contributed by atoms with E-state index >= 15 is 0 Å². The molecule has 0 spiro atoms. The molecule has 0 aliphatic carbocycles. The Morgan fingerprint density at radius 1 is 0.806 bits per heavy atom. The molecule has 3 aromatic rings. The topological polar surface area (TPSA) is 44.4 Å². The third-order valence-electron chi connectivity index (χ3n) is 6.35. The van der Waals surface area contributed by atoms with Gasteiger partial charge < -0.3 is 19.3 Å². The van der Waals surface area contributed by atoms with Crippen molar-refractivity contribution in [2.45, 2.75) is 12.6 Å². The standard InChI is InChI=1S/C26H26N2O3/c29-26(22-9-5-2-6-10-22)25(21-7-3-1-4-8-21)28-15-13-27(14-16-28)18-20-11-12-23-24(17-20)31-19-30-23/h1-12,17,25H,13-16,18-19H2/p+2. The monoisotopic (exact) mass is 416 g/mol. The maximum atomic E-state index is 13.5. The van der Waals surface area contributed by atoms with Gasteiger partial charge in [-0.1, -0.05) is 60.7 Å². The maximum absolute atomic E-state index is 13.5. The van der Waals surface area contributed by atoms with Crippen molar-refractivity contribution < 1.29 is 24.1 Å². The number of carbonyl (C=O) groups excluding carboxylic acids is 1. The summed E-state index contributed by atoms with van der Waals surface area (Å²) in [7, 11) is 0. The molecule has 2 aliphatic heterocycles. The first-order chi connectivity index (χ1) is 15.3. The number of hydrogen-bond donors (Lipinski definition) is 2. The number of carbonyl (C=O) groups is 1. The van der Waals surface area contributed by atoms with Gasteiger partial charge in [-0.25, -0.2) is 0 Å². The van der Waals surface area contributed by atoms with E-state index in [-0.39, 0.29) is 11.8 Å². The minimum Gasteiger partial charge on any atom is -0.454 e. The van der Waals surface area contributed by atoms with E-state index in [1.54, 1.807) is 4.90 Å². The van der Waals surface area contributed by atoms with Crippen molar-refractivity contribution in [3.05, 3.63) is 95.6 Å². The molecule has 1 unspecified atom stereocenters. The van der Waals surface area contributed by atoms with Crippen LogP contribution in [0.4, 0.5) is 0 Å². The quantitative estimate of drug-likeness (QED) is 0.596. The Balaban J connectivity index is 1.29. The molecule has 1 atom stereocenters. The Bertz CT molecular complexity index is 1030. The molecule has 1 fully saturated rings. The van der Waals surface area contributed by atoms with Gasteiger partial charge in [0, 0.05) is 16.7 Å². The summed E-state index contributed by atoms with van der Waals surface area (Å²) >= 11 is 0. The molecular formula is C26H28N2O3+2. The minimum absolute atomic E-state index is 0.157. The molecule has 0 amide bonds. The predicted molar refractivity (Wildman–Crippen MR) is 118 cm³/mol. The van der Waals surface area contributed by atoms with Gasteiger partial charge in [0.25, 0.3) is 0 Å². The Hall–Kier alpha value is -3.15. The minimum atomic E-state index is -0.157. The van der Waals surface area contributed by atoms with Crippen LogP contribution >= 0.6 is 0 Å². The smallest absolute Gasteiger partial charge is 0.231 e. The Morgan fingerprint density at radius 3 is 2.23 bits per heavy atom. The lowest BCUT2D eigenvalue weighted by Crippen LogP contribution is -3.28. The number of benzene rings is 3. The second-order valence-electron chi connectivity index (χ2n) is 8.35. The summed E-state index contributed by atoms with van der Waals surface area (Å²) in [4.78, 5) is 16.4. The van der Waals surface area contributed by atoms with E-state index in [1.165, 1.54) is 10.5 Å². The molecule has 31 heavy (non-hydrogen) atoms. The molecule has 5 heteroatoms. The average molecular weight is 417 g/mol. The van der Waals surface area contributed by atoms with E-state index in [0.29, 0.717) is 6.79 Å². The number of ketones is 1. The van der Waals surface area contributed by atoms with E-state index in [9.17, 15) is 4.79 Å². The third kappa shape index (κ3) is 4.33. The lowest BCUT2D eigenvalue weighted by atomic mass is 9.95. The van der Waals surface area contributed by atoms with E-state index in [4.69, 9.17) is 9.47 Å². The van der Waals surface area contributed by atoms with Crippen LogP contribution in [0.3, 0.4) is 0 Å². The molecule has 0 bridgehead atoms. The summed E-state index contributed by atoms with van der Waals surface area (Å²) in [6, 6.07) is 26.0. The highest BCUT2D eigenvalue weighted by atomic mass is 16.7. The molecule has 0 aromatic heterocycles. The molecule has 3 aromatic carbocycles. The lowest BCUT2D eigenvalue weighted by molar-refractivity contribution is -1.03. The van der Waals surface area contributed by atoms with Crippen molar-refractivity contribution in [3.8, 4) is 11.5 Å². The summed E-state index contributed by atoms with van der Waals surface area (Å²) in [6.45, 7) is 5.29. The lowest BCUT2D eigenvalue weighted by Gasteiger charge is -2.34. The molecule has 1 saturated heterocycles. The number of hydrogen-bond acceptors (Lipinski definition) is 3. The average Bonchev–Trinajstić information content (AvgIpc) is 3.30. The van der Waals surface area contributed by atoms with Crippen LogP contribution in [0.5, 0.6) is 11.5 Å². The fourth-order valence-corrected chi connectivity index (χ4v) is 4.72. The number of fused-ring (bicyclic) bond motifs is 1. The highest BCUT2D eigenvalue weighted by molar-refractivity contribution is 5.99. The normalized spacial score (nSPS) is 20.9. The second kappa shape index (κ2) is 8.92. The third-order valence-corrected chi connectivity index (χ3v) is 6.35. The van der Waals surface area contributed by atoms with Crippen LogP contribution in [0.15, 0.2) is 78.9 Å². The number of ether oxygens (including phenoxy) is 2. The van der Waals surface area contributed by atoms with Crippen LogP contribution in [-0.4, -0.2) is 38.8 Å². The summed E-state index contributed by atoms with van der Waals surface area (Å²) in [6.07, 6.45) is 0. The Labute approximate surface area is 182 Å². The van der Waals surface area contributed by atoms with E-state index < -0.39 is 0 Å². The van der Waals surface area contributed by atoms with Gasteiger partial charge in [0.2, 0.25) is 12.6 Å². The number of rotatable bonds is 6. The summed E-state index contributed by atoms with van der Waals surface area (Å²) < 4.78 is 10.9. The van der Waals surface area contributed by atoms with Crippen LogP contribution in [0.1, 0.15) is 27.5 Å². The molecule has 5 rings (SSSR count). The molecule has 2 aliphatic rings. The SMILES string of the molecule is O=C(c1ccccc1)C(c1ccccc1)[NH+]1CC[NH+](Cc2ccc3c(c2)OCO3)CC1. The molecule has 158 valence electrons. The van der Waals surface area contributed by atoms with Gasteiger partial charge in [-0.05, 0) is 18.2 Å². The molecule has 2 heterocycles. The number of quaternary nitrogens is 2. The van der Waals surface area contributed by atoms with Crippen molar-refractivity contribution in [1.82, 2.24) is 0 Å². The van der Waals surface area contributed by atoms with Crippen LogP contribution in [0.2, 0.25) is 0 Å². The fourth-order valence-electron chi connectivity index (χ4n) is 4.72. The van der Waals surface area contributed by atoms with Gasteiger partial charge in [-0.2, -0.15) is 0 Å². The van der Waals surface area contributed by atoms with Crippen molar-refractivity contribution in [3.63, 3.8) is 0 Å². The van der Waals surface area contributed by atoms with E-state index in [2.05, 4.69) is 24.3 Å². The van der Waals surface area contributed by atoms with Gasteiger partial charge in [-0.15, -0.1) is 0 Å². The molecule has 0 radical (unpaired) electrons. The number of piperazine rings is 1. The first-order valence-corrected chi connectivity index (χ1v) is 11.0. The maximum Gasteiger partial charge on any atom is 0.231 e. The largest absolute Gasteiger partial charge is 0.454 e. The highest BCUT2D eigenvalue weighted by Crippen LogP contribution is 2.32. The van der Waals surface area contributed by atoms with Crippen molar-refractivity contribution in [2.75, 3.05) is 33.0 Å². The van der Waals surface area contributed by atoms with Crippen LogP contribution in [0.25, 0.3) is 0 Å². The zero-order valence-electron chi connectivity index (χ0n) is 17.6. The van der Waals surface area contributed by atoms with Gasteiger partial charge in [0.15, 0.2) is 17.5 Å². The summed E-state index contributed by atoms with van der Waals surface area (Å²) in [5, 5.41) is 0. The second-order valence-corrected chi connectivity index (χ2v) is 8.35. The molecule has 5 nitrogen and oxygen atoms in total. The molecular weight excluding hydrogens is 388 g/mol. The predicted octanol–water partition coefficient (Wildman–Crippen LogP) is 1.32. The van der Waals surface area contributed by atoms with Gasteiger partial charge in [0.1, 0.15) is 32.7 Å². The van der Waals surface area contributed by atoms with Crippen LogP contribution < -0.4 is 19.3 Å². The van der Waals surface area contributed by atoms with Crippen molar-refractivity contribution in [1.29, 1.82) is 0 Å². The highest BCUT2D eigenvalue weighted by Gasteiger charge is 2.36. The zero-order chi connectivity index (χ0) is 21.0. The molecule has 2 N–H and O–H groups in total.